The van der Waals surface area contributed by atoms with Crippen LogP contribution >= 0.6 is 11.3 Å². The first-order chi connectivity index (χ1) is 12.3. The predicted molar refractivity (Wildman–Crippen MR) is 104 cm³/mol. The van der Waals surface area contributed by atoms with Gasteiger partial charge in [0.1, 0.15) is 11.0 Å². The van der Waals surface area contributed by atoms with Crippen molar-refractivity contribution in [3.05, 3.63) is 29.8 Å². The fraction of sp³-hybridized carbons (Fsp3) is 0.444. The first-order valence-electron chi connectivity index (χ1n) is 8.51. The maximum atomic E-state index is 12.7. The van der Waals surface area contributed by atoms with E-state index in [2.05, 4.69) is 20.8 Å². The van der Waals surface area contributed by atoms with Gasteiger partial charge in [-0.1, -0.05) is 61.4 Å². The standard InChI is InChI=1S/C18H25N5O2S/c1-6-12(3)14(19-18(25)23(4)5)15(24)20-17-22-21-16(26-17)13-9-7-11(2)8-10-13/h7-10,12,14H,6H2,1-5H3,(H,19,25)(H,20,22,24). The van der Waals surface area contributed by atoms with E-state index in [0.29, 0.717) is 5.13 Å². The van der Waals surface area contributed by atoms with Crippen LogP contribution in [0.1, 0.15) is 25.8 Å². The molecule has 0 fully saturated rings. The number of carbonyl (C=O) groups is 2. The van der Waals surface area contributed by atoms with Crippen molar-refractivity contribution in [2.45, 2.75) is 33.2 Å². The van der Waals surface area contributed by atoms with Crippen molar-refractivity contribution in [1.29, 1.82) is 0 Å². The Kier molecular flexibility index (Phi) is 6.68. The van der Waals surface area contributed by atoms with Crippen LogP contribution in [0.3, 0.4) is 0 Å². The molecule has 0 aliphatic rings. The molecule has 0 aliphatic heterocycles. The van der Waals surface area contributed by atoms with E-state index in [1.54, 1.807) is 14.1 Å². The molecule has 26 heavy (non-hydrogen) atoms. The smallest absolute Gasteiger partial charge is 0.317 e. The lowest BCUT2D eigenvalue weighted by Gasteiger charge is -2.24. The Morgan fingerprint density at radius 1 is 1.19 bits per heavy atom. The number of amides is 3. The SMILES string of the molecule is CCC(C)C(NC(=O)N(C)C)C(=O)Nc1nnc(-c2ccc(C)cc2)s1. The summed E-state index contributed by atoms with van der Waals surface area (Å²) in [6.07, 6.45) is 0.760. The second-order valence-corrected chi connectivity index (χ2v) is 7.45. The van der Waals surface area contributed by atoms with Crippen molar-refractivity contribution >= 4 is 28.4 Å². The molecule has 7 nitrogen and oxygen atoms in total. The molecule has 3 amide bonds. The summed E-state index contributed by atoms with van der Waals surface area (Å²) in [6.45, 7) is 5.93. The van der Waals surface area contributed by atoms with Gasteiger partial charge in [0.15, 0.2) is 0 Å². The molecule has 1 aromatic carbocycles. The monoisotopic (exact) mass is 375 g/mol. The maximum Gasteiger partial charge on any atom is 0.317 e. The molecule has 1 heterocycles. The molecule has 140 valence electrons. The van der Waals surface area contributed by atoms with Gasteiger partial charge in [-0.15, -0.1) is 10.2 Å². The maximum absolute atomic E-state index is 12.7. The summed E-state index contributed by atoms with van der Waals surface area (Å²) in [5, 5.41) is 14.9. The van der Waals surface area contributed by atoms with Crippen LogP contribution in [0.15, 0.2) is 24.3 Å². The number of carbonyl (C=O) groups excluding carboxylic acids is 2. The Balaban J connectivity index is 2.11. The molecule has 0 bridgehead atoms. The third-order valence-corrected chi connectivity index (χ3v) is 5.02. The lowest BCUT2D eigenvalue weighted by atomic mass is 9.98. The van der Waals surface area contributed by atoms with Gasteiger partial charge in [0.2, 0.25) is 11.0 Å². The highest BCUT2D eigenvalue weighted by molar-refractivity contribution is 7.18. The number of nitrogens with one attached hydrogen (secondary N) is 2. The number of anilines is 1. The lowest BCUT2D eigenvalue weighted by Crippen LogP contribution is -2.50. The third-order valence-electron chi connectivity index (χ3n) is 4.13. The quantitative estimate of drug-likeness (QED) is 0.812. The van der Waals surface area contributed by atoms with Crippen LogP contribution in [-0.4, -0.2) is 47.2 Å². The van der Waals surface area contributed by atoms with Crippen molar-refractivity contribution in [1.82, 2.24) is 20.4 Å². The van der Waals surface area contributed by atoms with E-state index in [-0.39, 0.29) is 17.9 Å². The highest BCUT2D eigenvalue weighted by Crippen LogP contribution is 2.26. The van der Waals surface area contributed by atoms with Crippen molar-refractivity contribution in [2.24, 2.45) is 5.92 Å². The minimum Gasteiger partial charge on any atom is -0.331 e. The molecular formula is C18H25N5O2S. The summed E-state index contributed by atoms with van der Waals surface area (Å²) in [5.74, 6) is -0.301. The Labute approximate surface area is 157 Å². The third kappa shape index (κ3) is 5.01. The number of benzene rings is 1. The van der Waals surface area contributed by atoms with E-state index in [9.17, 15) is 9.59 Å². The second-order valence-electron chi connectivity index (χ2n) is 6.47. The predicted octanol–water partition coefficient (Wildman–Crippen LogP) is 3.14. The van der Waals surface area contributed by atoms with Crippen LogP contribution in [0.5, 0.6) is 0 Å². The van der Waals surface area contributed by atoms with E-state index >= 15 is 0 Å². The van der Waals surface area contributed by atoms with E-state index in [1.165, 1.54) is 21.8 Å². The van der Waals surface area contributed by atoms with Gasteiger partial charge in [0.05, 0.1) is 0 Å². The molecular weight excluding hydrogens is 350 g/mol. The molecule has 0 aliphatic carbocycles. The minimum atomic E-state index is -0.637. The van der Waals surface area contributed by atoms with Gasteiger partial charge in [0, 0.05) is 19.7 Å². The molecule has 0 saturated carbocycles. The van der Waals surface area contributed by atoms with Gasteiger partial charge < -0.3 is 10.2 Å². The Morgan fingerprint density at radius 2 is 1.85 bits per heavy atom. The van der Waals surface area contributed by atoms with Crippen molar-refractivity contribution in [2.75, 3.05) is 19.4 Å². The Bertz CT molecular complexity index is 757. The van der Waals surface area contributed by atoms with Crippen molar-refractivity contribution < 1.29 is 9.59 Å². The van der Waals surface area contributed by atoms with Crippen LogP contribution in [0, 0.1) is 12.8 Å². The summed E-state index contributed by atoms with van der Waals surface area (Å²) in [5.41, 5.74) is 2.12. The summed E-state index contributed by atoms with van der Waals surface area (Å²) in [7, 11) is 3.28. The zero-order valence-corrected chi connectivity index (χ0v) is 16.6. The summed E-state index contributed by atoms with van der Waals surface area (Å²) >= 11 is 1.30. The van der Waals surface area contributed by atoms with Crippen LogP contribution in [0.4, 0.5) is 9.93 Å². The molecule has 2 N–H and O–H groups in total. The highest BCUT2D eigenvalue weighted by Gasteiger charge is 2.27. The zero-order chi connectivity index (χ0) is 19.3. The number of nitrogens with zero attached hydrogens (tertiary/aromatic N) is 3. The minimum absolute atomic E-state index is 0.0107. The first-order valence-corrected chi connectivity index (χ1v) is 9.32. The average molecular weight is 375 g/mol. The molecule has 2 rings (SSSR count). The number of aromatic nitrogens is 2. The average Bonchev–Trinajstić information content (AvgIpc) is 3.07. The lowest BCUT2D eigenvalue weighted by molar-refractivity contribution is -0.119. The van der Waals surface area contributed by atoms with Gasteiger partial charge in [0.25, 0.3) is 0 Å². The highest BCUT2D eigenvalue weighted by atomic mass is 32.1. The molecule has 2 unspecified atom stereocenters. The van der Waals surface area contributed by atoms with Gasteiger partial charge in [-0.05, 0) is 12.8 Å². The fourth-order valence-electron chi connectivity index (χ4n) is 2.23. The normalized spacial score (nSPS) is 13.0. The van der Waals surface area contributed by atoms with E-state index in [0.717, 1.165) is 17.0 Å². The molecule has 0 saturated heterocycles. The van der Waals surface area contributed by atoms with Gasteiger partial charge in [-0.2, -0.15) is 0 Å². The summed E-state index contributed by atoms with van der Waals surface area (Å²) in [6, 6.07) is 7.02. The van der Waals surface area contributed by atoms with Crippen LogP contribution in [0.25, 0.3) is 10.6 Å². The second kappa shape index (κ2) is 8.75. The summed E-state index contributed by atoms with van der Waals surface area (Å²) in [4.78, 5) is 26.0. The van der Waals surface area contributed by atoms with Gasteiger partial charge in [-0.25, -0.2) is 4.79 Å². The molecule has 8 heteroatoms. The molecule has 1 aromatic heterocycles. The van der Waals surface area contributed by atoms with Gasteiger partial charge in [-0.3, -0.25) is 10.1 Å². The summed E-state index contributed by atoms with van der Waals surface area (Å²) < 4.78 is 0. The number of rotatable bonds is 6. The fourth-order valence-corrected chi connectivity index (χ4v) is 2.99. The van der Waals surface area contributed by atoms with E-state index < -0.39 is 6.04 Å². The first kappa shape index (κ1) is 19.8. The molecule has 0 radical (unpaired) electrons. The Hall–Kier alpha value is -2.48. The largest absolute Gasteiger partial charge is 0.331 e. The Morgan fingerprint density at radius 3 is 2.42 bits per heavy atom. The number of aryl methyl sites for hydroxylation is 1. The van der Waals surface area contributed by atoms with E-state index in [1.807, 2.05) is 45.0 Å². The topological polar surface area (TPSA) is 87.2 Å². The van der Waals surface area contributed by atoms with Gasteiger partial charge >= 0.3 is 6.03 Å². The van der Waals surface area contributed by atoms with Crippen LogP contribution < -0.4 is 10.6 Å². The zero-order valence-electron chi connectivity index (χ0n) is 15.7. The molecule has 2 atom stereocenters. The van der Waals surface area contributed by atoms with Crippen molar-refractivity contribution in [3.8, 4) is 10.6 Å². The van der Waals surface area contributed by atoms with Crippen molar-refractivity contribution in [3.63, 3.8) is 0 Å². The van der Waals surface area contributed by atoms with Crippen LogP contribution in [0.2, 0.25) is 0 Å². The number of hydrogen-bond donors (Lipinski definition) is 2. The van der Waals surface area contributed by atoms with E-state index in [4.69, 9.17) is 0 Å². The molecule has 0 spiro atoms. The number of hydrogen-bond acceptors (Lipinski definition) is 5. The number of urea groups is 1. The van der Waals surface area contributed by atoms with Crippen LogP contribution in [-0.2, 0) is 4.79 Å². The molecule has 2 aromatic rings.